The van der Waals surface area contributed by atoms with Crippen LogP contribution in [0.2, 0.25) is 0 Å². The van der Waals surface area contributed by atoms with Gasteiger partial charge in [-0.15, -0.1) is 0 Å². The van der Waals surface area contributed by atoms with Crippen LogP contribution in [0, 0.1) is 20.8 Å². The van der Waals surface area contributed by atoms with E-state index in [4.69, 9.17) is 5.11 Å². The molecule has 0 aliphatic heterocycles. The highest BCUT2D eigenvalue weighted by molar-refractivity contribution is 5.68. The van der Waals surface area contributed by atoms with Crippen LogP contribution in [0.25, 0.3) is 11.3 Å². The minimum atomic E-state index is 0.135. The van der Waals surface area contributed by atoms with E-state index in [1.54, 1.807) is 0 Å². The zero-order valence-corrected chi connectivity index (χ0v) is 11.5. The Kier molecular flexibility index (Phi) is 3.53. The molecular weight excluding hydrogens is 224 g/mol. The molecule has 18 heavy (non-hydrogen) atoms. The van der Waals surface area contributed by atoms with E-state index in [2.05, 4.69) is 42.5 Å². The summed E-state index contributed by atoms with van der Waals surface area (Å²) < 4.78 is 2.07. The lowest BCUT2D eigenvalue weighted by Gasteiger charge is -2.12. The molecule has 0 spiro atoms. The molecule has 1 N–H and O–H groups in total. The number of aryl methyl sites for hydroxylation is 3. The van der Waals surface area contributed by atoms with E-state index in [0.717, 1.165) is 11.5 Å². The molecule has 0 radical (unpaired) electrons. The summed E-state index contributed by atoms with van der Waals surface area (Å²) in [6, 6.07) is 4.39. The molecule has 0 saturated carbocycles. The number of hydrogen-bond donors (Lipinski definition) is 1. The predicted molar refractivity (Wildman–Crippen MR) is 73.6 cm³/mol. The van der Waals surface area contributed by atoms with Gasteiger partial charge < -0.3 is 9.67 Å². The largest absolute Gasteiger partial charge is 0.396 e. The van der Waals surface area contributed by atoms with Crippen molar-refractivity contribution in [3.63, 3.8) is 0 Å². The average Bonchev–Trinajstić information content (AvgIpc) is 2.61. The van der Waals surface area contributed by atoms with Crippen LogP contribution >= 0.6 is 0 Å². The van der Waals surface area contributed by atoms with Crippen LogP contribution in [-0.4, -0.2) is 21.3 Å². The number of hydrogen-bond acceptors (Lipinski definition) is 2. The van der Waals surface area contributed by atoms with Crippen LogP contribution in [0.5, 0.6) is 0 Å². The van der Waals surface area contributed by atoms with Crippen LogP contribution in [0.4, 0.5) is 0 Å². The summed E-state index contributed by atoms with van der Waals surface area (Å²) in [5.74, 6) is 0.923. The third-order valence-corrected chi connectivity index (χ3v) is 3.35. The molecule has 3 heteroatoms. The summed E-state index contributed by atoms with van der Waals surface area (Å²) in [6.45, 7) is 6.52. The van der Waals surface area contributed by atoms with Crippen molar-refractivity contribution in [2.24, 2.45) is 7.05 Å². The van der Waals surface area contributed by atoms with Gasteiger partial charge in [-0.3, -0.25) is 0 Å². The molecule has 3 nitrogen and oxygen atoms in total. The molecule has 1 aromatic carbocycles. The Morgan fingerprint density at radius 1 is 1.17 bits per heavy atom. The third-order valence-electron chi connectivity index (χ3n) is 3.35. The van der Waals surface area contributed by atoms with Crippen LogP contribution < -0.4 is 0 Å². The summed E-state index contributed by atoms with van der Waals surface area (Å²) in [5.41, 5.74) is 6.19. The van der Waals surface area contributed by atoms with E-state index in [1.807, 2.05) is 13.2 Å². The lowest BCUT2D eigenvalue weighted by atomic mass is 9.98. The van der Waals surface area contributed by atoms with E-state index in [0.29, 0.717) is 6.42 Å². The second-order valence-electron chi connectivity index (χ2n) is 4.87. The van der Waals surface area contributed by atoms with E-state index in [9.17, 15) is 0 Å². The third kappa shape index (κ3) is 2.18. The summed E-state index contributed by atoms with van der Waals surface area (Å²) in [5, 5.41) is 9.02. The molecule has 0 bridgehead atoms. The fourth-order valence-corrected chi connectivity index (χ4v) is 2.60. The summed E-state index contributed by atoms with van der Waals surface area (Å²) in [4.78, 5) is 4.39. The first-order chi connectivity index (χ1) is 8.54. The zero-order chi connectivity index (χ0) is 13.3. The number of aromatic nitrogens is 2. The molecule has 0 saturated heterocycles. The van der Waals surface area contributed by atoms with Gasteiger partial charge in [0, 0.05) is 19.0 Å². The number of aliphatic hydroxyl groups is 1. The molecule has 0 amide bonds. The molecule has 2 rings (SSSR count). The van der Waals surface area contributed by atoms with Gasteiger partial charge in [-0.05, 0) is 31.9 Å². The maximum absolute atomic E-state index is 9.02. The van der Waals surface area contributed by atoms with Crippen molar-refractivity contribution in [1.82, 2.24) is 9.55 Å². The molecule has 0 atom stereocenters. The maximum atomic E-state index is 9.02. The molecule has 1 heterocycles. The first-order valence-corrected chi connectivity index (χ1v) is 6.24. The van der Waals surface area contributed by atoms with Crippen molar-refractivity contribution in [2.75, 3.05) is 6.61 Å². The number of rotatable bonds is 3. The van der Waals surface area contributed by atoms with Crippen molar-refractivity contribution in [2.45, 2.75) is 27.2 Å². The van der Waals surface area contributed by atoms with Crippen LogP contribution in [0.1, 0.15) is 22.5 Å². The monoisotopic (exact) mass is 244 g/mol. The van der Waals surface area contributed by atoms with Crippen molar-refractivity contribution >= 4 is 0 Å². The number of nitrogens with zero attached hydrogens (tertiary/aromatic N) is 2. The Hall–Kier alpha value is -1.61. The molecule has 1 aromatic heterocycles. The SMILES string of the molecule is Cc1cc(C)c(-c2cnc(CCO)n2C)c(C)c1. The standard InChI is InChI=1S/C15H20N2O/c1-10-7-11(2)15(12(3)8-10)13-9-16-14(5-6-18)17(13)4/h7-9,18H,5-6H2,1-4H3. The molecular formula is C15H20N2O. The first-order valence-electron chi connectivity index (χ1n) is 6.24. The second-order valence-corrected chi connectivity index (χ2v) is 4.87. The van der Waals surface area contributed by atoms with Gasteiger partial charge in [0.2, 0.25) is 0 Å². The first kappa shape index (κ1) is 12.8. The highest BCUT2D eigenvalue weighted by Gasteiger charge is 2.12. The van der Waals surface area contributed by atoms with E-state index < -0.39 is 0 Å². The highest BCUT2D eigenvalue weighted by atomic mass is 16.3. The van der Waals surface area contributed by atoms with Gasteiger partial charge in [0.1, 0.15) is 5.82 Å². The fraction of sp³-hybridized carbons (Fsp3) is 0.400. The second kappa shape index (κ2) is 4.94. The molecule has 96 valence electrons. The quantitative estimate of drug-likeness (QED) is 0.901. The number of benzene rings is 1. The molecule has 0 fully saturated rings. The van der Waals surface area contributed by atoms with Gasteiger partial charge in [-0.2, -0.15) is 0 Å². The van der Waals surface area contributed by atoms with Gasteiger partial charge in [0.15, 0.2) is 0 Å². The van der Waals surface area contributed by atoms with E-state index >= 15 is 0 Å². The minimum absolute atomic E-state index is 0.135. The van der Waals surface area contributed by atoms with Gasteiger partial charge in [0.05, 0.1) is 18.5 Å². The minimum Gasteiger partial charge on any atom is -0.396 e. The average molecular weight is 244 g/mol. The van der Waals surface area contributed by atoms with E-state index in [-0.39, 0.29) is 6.61 Å². The Balaban J connectivity index is 2.56. The maximum Gasteiger partial charge on any atom is 0.111 e. The topological polar surface area (TPSA) is 38.1 Å². The van der Waals surface area contributed by atoms with Gasteiger partial charge >= 0.3 is 0 Å². The normalized spacial score (nSPS) is 10.9. The molecule has 0 unspecified atom stereocenters. The summed E-state index contributed by atoms with van der Waals surface area (Å²) >= 11 is 0. The number of imidazole rings is 1. The van der Waals surface area contributed by atoms with Crippen molar-refractivity contribution in [3.8, 4) is 11.3 Å². The van der Waals surface area contributed by atoms with Gasteiger partial charge in [-0.25, -0.2) is 4.98 Å². The Labute approximate surface area is 108 Å². The van der Waals surface area contributed by atoms with Gasteiger partial charge in [0.25, 0.3) is 0 Å². The fourth-order valence-electron chi connectivity index (χ4n) is 2.60. The smallest absolute Gasteiger partial charge is 0.111 e. The van der Waals surface area contributed by atoms with Crippen LogP contribution in [0.3, 0.4) is 0 Å². The van der Waals surface area contributed by atoms with Crippen molar-refractivity contribution in [3.05, 3.63) is 40.8 Å². The lowest BCUT2D eigenvalue weighted by Crippen LogP contribution is -2.03. The van der Waals surface area contributed by atoms with E-state index in [1.165, 1.54) is 22.3 Å². The lowest BCUT2D eigenvalue weighted by molar-refractivity contribution is 0.295. The highest BCUT2D eigenvalue weighted by Crippen LogP contribution is 2.28. The van der Waals surface area contributed by atoms with Crippen LogP contribution in [-0.2, 0) is 13.5 Å². The number of aliphatic hydroxyl groups excluding tert-OH is 1. The zero-order valence-electron chi connectivity index (χ0n) is 11.5. The van der Waals surface area contributed by atoms with Crippen molar-refractivity contribution < 1.29 is 5.11 Å². The molecule has 0 aliphatic carbocycles. The van der Waals surface area contributed by atoms with Gasteiger partial charge in [-0.1, -0.05) is 17.7 Å². The van der Waals surface area contributed by atoms with Crippen LogP contribution in [0.15, 0.2) is 18.3 Å². The Bertz CT molecular complexity index is 547. The Morgan fingerprint density at radius 3 is 2.33 bits per heavy atom. The van der Waals surface area contributed by atoms with Crippen molar-refractivity contribution in [1.29, 1.82) is 0 Å². The molecule has 0 aliphatic rings. The summed E-state index contributed by atoms with van der Waals surface area (Å²) in [6.07, 6.45) is 2.50. The Morgan fingerprint density at radius 2 is 1.78 bits per heavy atom. The summed E-state index contributed by atoms with van der Waals surface area (Å²) in [7, 11) is 2.01. The molecule has 2 aromatic rings. The predicted octanol–water partition coefficient (Wildman–Crippen LogP) is 2.55.